The van der Waals surface area contributed by atoms with E-state index in [1.807, 2.05) is 43.3 Å². The van der Waals surface area contributed by atoms with Crippen molar-refractivity contribution in [3.05, 3.63) is 77.1 Å². The van der Waals surface area contributed by atoms with E-state index in [0.717, 1.165) is 16.9 Å². The van der Waals surface area contributed by atoms with Gasteiger partial charge in [-0.2, -0.15) is 0 Å². The SMILES string of the molecule is Cc1cccc(NC(=O)c2ccnc(Nc3ccc(Cl)cc3)n2)c1. The number of aromatic nitrogens is 2. The smallest absolute Gasteiger partial charge is 0.274 e. The van der Waals surface area contributed by atoms with Crippen LogP contribution in [0.2, 0.25) is 5.02 Å². The van der Waals surface area contributed by atoms with Crippen LogP contribution in [0.25, 0.3) is 0 Å². The van der Waals surface area contributed by atoms with Crippen molar-refractivity contribution in [2.24, 2.45) is 0 Å². The quantitative estimate of drug-likeness (QED) is 0.738. The van der Waals surface area contributed by atoms with Gasteiger partial charge in [0, 0.05) is 22.6 Å². The van der Waals surface area contributed by atoms with Crippen LogP contribution in [0, 0.1) is 6.92 Å². The highest BCUT2D eigenvalue weighted by Crippen LogP contribution is 2.17. The molecule has 0 aliphatic rings. The van der Waals surface area contributed by atoms with E-state index >= 15 is 0 Å². The lowest BCUT2D eigenvalue weighted by Gasteiger charge is -2.08. The zero-order valence-electron chi connectivity index (χ0n) is 13.0. The van der Waals surface area contributed by atoms with Gasteiger partial charge in [-0.1, -0.05) is 23.7 Å². The van der Waals surface area contributed by atoms with Crippen LogP contribution in [0.3, 0.4) is 0 Å². The number of hydrogen-bond acceptors (Lipinski definition) is 4. The Kier molecular flexibility index (Phi) is 4.72. The maximum atomic E-state index is 12.3. The predicted octanol–water partition coefficient (Wildman–Crippen LogP) is 4.43. The molecule has 1 heterocycles. The Morgan fingerprint density at radius 2 is 1.83 bits per heavy atom. The standard InChI is InChI=1S/C18H15ClN4O/c1-12-3-2-4-15(11-12)21-17(24)16-9-10-20-18(23-16)22-14-7-5-13(19)6-8-14/h2-11H,1H3,(H,21,24)(H,20,22,23). The zero-order chi connectivity index (χ0) is 16.9. The molecule has 5 nitrogen and oxygen atoms in total. The normalized spacial score (nSPS) is 10.2. The molecule has 2 aromatic carbocycles. The average molecular weight is 339 g/mol. The van der Waals surface area contributed by atoms with E-state index in [2.05, 4.69) is 20.6 Å². The maximum absolute atomic E-state index is 12.3. The summed E-state index contributed by atoms with van der Waals surface area (Å²) >= 11 is 5.86. The number of aryl methyl sites for hydroxylation is 1. The lowest BCUT2D eigenvalue weighted by Crippen LogP contribution is -2.14. The molecule has 120 valence electrons. The Labute approximate surface area is 144 Å². The first kappa shape index (κ1) is 16.0. The lowest BCUT2D eigenvalue weighted by molar-refractivity contribution is 0.102. The van der Waals surface area contributed by atoms with E-state index in [-0.39, 0.29) is 11.6 Å². The van der Waals surface area contributed by atoms with E-state index in [1.165, 1.54) is 6.20 Å². The summed E-state index contributed by atoms with van der Waals surface area (Å²) in [6.45, 7) is 1.97. The molecule has 2 N–H and O–H groups in total. The minimum Gasteiger partial charge on any atom is -0.324 e. The second kappa shape index (κ2) is 7.10. The van der Waals surface area contributed by atoms with E-state index in [9.17, 15) is 4.79 Å². The molecule has 0 saturated heterocycles. The van der Waals surface area contributed by atoms with Crippen molar-refractivity contribution in [3.8, 4) is 0 Å². The van der Waals surface area contributed by atoms with Gasteiger partial charge in [-0.05, 0) is 55.0 Å². The predicted molar refractivity (Wildman–Crippen MR) is 95.9 cm³/mol. The number of benzene rings is 2. The Hall–Kier alpha value is -2.92. The highest BCUT2D eigenvalue weighted by molar-refractivity contribution is 6.30. The monoisotopic (exact) mass is 338 g/mol. The summed E-state index contributed by atoms with van der Waals surface area (Å²) in [5.74, 6) is 0.0522. The van der Waals surface area contributed by atoms with Crippen LogP contribution in [0.5, 0.6) is 0 Å². The maximum Gasteiger partial charge on any atom is 0.274 e. The molecule has 6 heteroatoms. The second-order valence-corrected chi connectivity index (χ2v) is 5.66. The van der Waals surface area contributed by atoms with Crippen molar-refractivity contribution < 1.29 is 4.79 Å². The Balaban J connectivity index is 1.74. The van der Waals surface area contributed by atoms with Crippen LogP contribution >= 0.6 is 11.6 Å². The van der Waals surface area contributed by atoms with Crippen LogP contribution in [0.15, 0.2) is 60.8 Å². The molecule has 1 aromatic heterocycles. The first-order valence-electron chi connectivity index (χ1n) is 7.34. The Morgan fingerprint density at radius 1 is 1.04 bits per heavy atom. The third-order valence-corrected chi connectivity index (χ3v) is 3.52. The minimum absolute atomic E-state index is 0.281. The molecule has 0 aliphatic heterocycles. The van der Waals surface area contributed by atoms with Crippen LogP contribution < -0.4 is 10.6 Å². The number of rotatable bonds is 4. The van der Waals surface area contributed by atoms with Gasteiger partial charge in [0.05, 0.1) is 0 Å². The van der Waals surface area contributed by atoms with E-state index < -0.39 is 0 Å². The number of amides is 1. The van der Waals surface area contributed by atoms with Crippen molar-refractivity contribution in [2.75, 3.05) is 10.6 Å². The summed E-state index contributed by atoms with van der Waals surface area (Å²) in [7, 11) is 0. The highest BCUT2D eigenvalue weighted by atomic mass is 35.5. The summed E-state index contributed by atoms with van der Waals surface area (Å²) in [5, 5.41) is 6.51. The van der Waals surface area contributed by atoms with Crippen molar-refractivity contribution >= 4 is 34.8 Å². The molecule has 3 aromatic rings. The van der Waals surface area contributed by atoms with Gasteiger partial charge in [0.1, 0.15) is 5.69 Å². The summed E-state index contributed by atoms with van der Waals surface area (Å²) in [6, 6.07) is 16.3. The van der Waals surface area contributed by atoms with Crippen LogP contribution in [0.1, 0.15) is 16.1 Å². The van der Waals surface area contributed by atoms with Crippen molar-refractivity contribution in [3.63, 3.8) is 0 Å². The third-order valence-electron chi connectivity index (χ3n) is 3.26. The van der Waals surface area contributed by atoms with Crippen molar-refractivity contribution in [2.45, 2.75) is 6.92 Å². The molecule has 1 amide bonds. The van der Waals surface area contributed by atoms with Gasteiger partial charge < -0.3 is 10.6 Å². The lowest BCUT2D eigenvalue weighted by atomic mass is 10.2. The number of nitrogens with zero attached hydrogens (tertiary/aromatic N) is 2. The fraction of sp³-hybridized carbons (Fsp3) is 0.0556. The van der Waals surface area contributed by atoms with Crippen LogP contribution in [-0.4, -0.2) is 15.9 Å². The van der Waals surface area contributed by atoms with Gasteiger partial charge in [0.2, 0.25) is 5.95 Å². The number of nitrogens with one attached hydrogen (secondary N) is 2. The summed E-state index contributed by atoms with van der Waals surface area (Å²) in [5.41, 5.74) is 2.87. The Morgan fingerprint density at radius 3 is 2.58 bits per heavy atom. The summed E-state index contributed by atoms with van der Waals surface area (Å²) in [6.07, 6.45) is 1.54. The van der Waals surface area contributed by atoms with E-state index in [4.69, 9.17) is 11.6 Å². The van der Waals surface area contributed by atoms with Crippen molar-refractivity contribution in [1.82, 2.24) is 9.97 Å². The fourth-order valence-corrected chi connectivity index (χ4v) is 2.25. The summed E-state index contributed by atoms with van der Waals surface area (Å²) in [4.78, 5) is 20.7. The molecule has 0 unspecified atom stereocenters. The highest BCUT2D eigenvalue weighted by Gasteiger charge is 2.09. The van der Waals surface area contributed by atoms with Gasteiger partial charge in [-0.25, -0.2) is 9.97 Å². The molecule has 0 aliphatic carbocycles. The first-order chi connectivity index (χ1) is 11.6. The number of carbonyl (C=O) groups is 1. The summed E-state index contributed by atoms with van der Waals surface area (Å²) < 4.78 is 0. The van der Waals surface area contributed by atoms with Gasteiger partial charge in [-0.3, -0.25) is 4.79 Å². The number of anilines is 3. The number of halogens is 1. The molecule has 0 bridgehead atoms. The second-order valence-electron chi connectivity index (χ2n) is 5.22. The molecule has 0 saturated carbocycles. The molecule has 24 heavy (non-hydrogen) atoms. The van der Waals surface area contributed by atoms with Gasteiger partial charge in [0.15, 0.2) is 0 Å². The average Bonchev–Trinajstić information content (AvgIpc) is 2.57. The van der Waals surface area contributed by atoms with Crippen LogP contribution in [-0.2, 0) is 0 Å². The van der Waals surface area contributed by atoms with Crippen molar-refractivity contribution in [1.29, 1.82) is 0 Å². The minimum atomic E-state index is -0.290. The fourth-order valence-electron chi connectivity index (χ4n) is 2.13. The molecule has 3 rings (SSSR count). The number of hydrogen-bond donors (Lipinski definition) is 2. The zero-order valence-corrected chi connectivity index (χ0v) is 13.7. The van der Waals surface area contributed by atoms with Gasteiger partial charge in [-0.15, -0.1) is 0 Å². The topological polar surface area (TPSA) is 66.9 Å². The first-order valence-corrected chi connectivity index (χ1v) is 7.71. The van der Waals surface area contributed by atoms with Gasteiger partial charge in [0.25, 0.3) is 5.91 Å². The molecular formula is C18H15ClN4O. The van der Waals surface area contributed by atoms with E-state index in [1.54, 1.807) is 18.2 Å². The molecule has 0 atom stereocenters. The third kappa shape index (κ3) is 4.08. The number of carbonyl (C=O) groups excluding carboxylic acids is 1. The van der Waals surface area contributed by atoms with Gasteiger partial charge >= 0.3 is 0 Å². The molecular weight excluding hydrogens is 324 g/mol. The molecule has 0 spiro atoms. The largest absolute Gasteiger partial charge is 0.324 e. The Bertz CT molecular complexity index is 865. The molecule has 0 radical (unpaired) electrons. The van der Waals surface area contributed by atoms with Crippen LogP contribution in [0.4, 0.5) is 17.3 Å². The molecule has 0 fully saturated rings. The van der Waals surface area contributed by atoms with E-state index in [0.29, 0.717) is 11.0 Å².